The molecule has 0 atom stereocenters. The van der Waals surface area contributed by atoms with Gasteiger partial charge in [-0.25, -0.2) is 9.79 Å². The number of nitrogens with zero attached hydrogens (tertiary/aromatic N) is 2. The summed E-state index contributed by atoms with van der Waals surface area (Å²) in [6.45, 7) is 2.33. The van der Waals surface area contributed by atoms with Crippen molar-refractivity contribution < 1.29 is 19.8 Å². The number of carboxylic acids is 1. The molecule has 1 saturated heterocycles. The molecule has 1 heterocycles. The fourth-order valence-corrected chi connectivity index (χ4v) is 3.48. The van der Waals surface area contributed by atoms with Crippen molar-refractivity contribution in [2.45, 2.75) is 6.92 Å². The minimum absolute atomic E-state index is 0.110. The van der Waals surface area contributed by atoms with Crippen molar-refractivity contribution in [3.05, 3.63) is 64.6 Å². The number of phenols is 1. The lowest BCUT2D eigenvalue weighted by atomic mass is 10.1. The predicted octanol–water partition coefficient (Wildman–Crippen LogP) is 3.71. The van der Waals surface area contributed by atoms with Crippen LogP contribution in [0, 0.1) is 0 Å². The van der Waals surface area contributed by atoms with E-state index in [4.69, 9.17) is 5.11 Å². The van der Waals surface area contributed by atoms with E-state index in [-0.39, 0.29) is 17.2 Å². The van der Waals surface area contributed by atoms with Gasteiger partial charge in [-0.2, -0.15) is 0 Å². The van der Waals surface area contributed by atoms with Gasteiger partial charge in [-0.1, -0.05) is 18.2 Å². The lowest BCUT2D eigenvalue weighted by molar-refractivity contribution is -0.122. The standard InChI is InChI=1S/C19H16N2O4S/c1-2-21-17(23)16(10-12-6-8-13(9-7-12)18(24)25)26-19(21)20-14-4-3-5-15(22)11-14/h3-11,22H,2H2,1H3,(H,24,25)/b16-10-,20-19?. The van der Waals surface area contributed by atoms with Crippen LogP contribution < -0.4 is 0 Å². The van der Waals surface area contributed by atoms with E-state index in [1.807, 2.05) is 6.92 Å². The SMILES string of the molecule is CCN1C(=O)/C(=C/c2ccc(C(=O)O)cc2)SC1=Nc1cccc(O)c1. The maximum atomic E-state index is 12.6. The zero-order valence-corrected chi connectivity index (χ0v) is 14.7. The molecular weight excluding hydrogens is 352 g/mol. The molecule has 0 bridgehead atoms. The first-order valence-corrected chi connectivity index (χ1v) is 8.72. The smallest absolute Gasteiger partial charge is 0.335 e. The number of amides is 1. The van der Waals surface area contributed by atoms with Gasteiger partial charge in [-0.05, 0) is 54.6 Å². The van der Waals surface area contributed by atoms with E-state index in [9.17, 15) is 14.7 Å². The van der Waals surface area contributed by atoms with Gasteiger partial charge in [-0.3, -0.25) is 9.69 Å². The van der Waals surface area contributed by atoms with E-state index in [1.165, 1.54) is 30.0 Å². The highest BCUT2D eigenvalue weighted by molar-refractivity contribution is 8.18. The quantitative estimate of drug-likeness (QED) is 0.803. The third kappa shape index (κ3) is 3.78. The number of aromatic hydroxyl groups is 1. The Bertz CT molecular complexity index is 919. The number of aliphatic imine (C=N–C) groups is 1. The number of thioether (sulfide) groups is 1. The molecule has 0 unspecified atom stereocenters. The van der Waals surface area contributed by atoms with E-state index >= 15 is 0 Å². The third-order valence-corrected chi connectivity index (χ3v) is 4.72. The molecule has 0 aliphatic carbocycles. The summed E-state index contributed by atoms with van der Waals surface area (Å²) in [7, 11) is 0. The first-order chi connectivity index (χ1) is 12.5. The van der Waals surface area contributed by atoms with Crippen LogP contribution >= 0.6 is 11.8 Å². The zero-order valence-electron chi connectivity index (χ0n) is 13.9. The number of benzene rings is 2. The van der Waals surface area contributed by atoms with Crippen molar-refractivity contribution >= 4 is 40.6 Å². The van der Waals surface area contributed by atoms with Crippen molar-refractivity contribution in [1.29, 1.82) is 0 Å². The lowest BCUT2D eigenvalue weighted by Gasteiger charge is -2.11. The second-order valence-corrected chi connectivity index (χ2v) is 6.51. The number of hydrogen-bond acceptors (Lipinski definition) is 5. The summed E-state index contributed by atoms with van der Waals surface area (Å²) < 4.78 is 0. The van der Waals surface area contributed by atoms with E-state index in [0.29, 0.717) is 22.3 Å². The van der Waals surface area contributed by atoms with Crippen LogP contribution in [0.25, 0.3) is 6.08 Å². The van der Waals surface area contributed by atoms with Crippen LogP contribution in [0.4, 0.5) is 5.69 Å². The molecule has 3 rings (SSSR count). The molecule has 0 saturated carbocycles. The maximum absolute atomic E-state index is 12.6. The summed E-state index contributed by atoms with van der Waals surface area (Å²) in [6.07, 6.45) is 1.71. The number of carboxylic acid groups (broad SMARTS) is 1. The second-order valence-electron chi connectivity index (χ2n) is 5.50. The van der Waals surface area contributed by atoms with Gasteiger partial charge < -0.3 is 10.2 Å². The normalized spacial score (nSPS) is 17.3. The topological polar surface area (TPSA) is 90.2 Å². The molecule has 1 aliphatic rings. The monoisotopic (exact) mass is 368 g/mol. The summed E-state index contributed by atoms with van der Waals surface area (Å²) in [5.41, 5.74) is 1.49. The summed E-state index contributed by atoms with van der Waals surface area (Å²) in [4.78, 5) is 30.0. The van der Waals surface area contributed by atoms with Crippen molar-refractivity contribution in [2.75, 3.05) is 6.54 Å². The van der Waals surface area contributed by atoms with Gasteiger partial charge in [0, 0.05) is 12.6 Å². The summed E-state index contributed by atoms with van der Waals surface area (Å²) in [5.74, 6) is -1.04. The highest BCUT2D eigenvalue weighted by Crippen LogP contribution is 2.34. The molecule has 6 nitrogen and oxygen atoms in total. The molecule has 132 valence electrons. The molecule has 2 aromatic rings. The van der Waals surface area contributed by atoms with Gasteiger partial charge in [0.2, 0.25) is 0 Å². The fourth-order valence-electron chi connectivity index (χ4n) is 2.42. The molecule has 1 fully saturated rings. The Kier molecular flexibility index (Phi) is 5.09. The largest absolute Gasteiger partial charge is 0.508 e. The van der Waals surface area contributed by atoms with E-state index in [1.54, 1.807) is 41.3 Å². The number of likely N-dealkylation sites (N-methyl/N-ethyl adjacent to an activating group) is 1. The predicted molar refractivity (Wildman–Crippen MR) is 102 cm³/mol. The number of rotatable bonds is 4. The van der Waals surface area contributed by atoms with Gasteiger partial charge in [-0.15, -0.1) is 0 Å². The Labute approximate surface area is 154 Å². The van der Waals surface area contributed by atoms with Crippen molar-refractivity contribution in [3.8, 4) is 5.75 Å². The van der Waals surface area contributed by atoms with Gasteiger partial charge in [0.05, 0.1) is 16.2 Å². The molecular formula is C19H16N2O4S. The first kappa shape index (κ1) is 17.8. The molecule has 2 N–H and O–H groups in total. The molecule has 1 amide bonds. The molecule has 26 heavy (non-hydrogen) atoms. The lowest BCUT2D eigenvalue weighted by Crippen LogP contribution is -2.28. The average Bonchev–Trinajstić information content (AvgIpc) is 2.90. The summed E-state index contributed by atoms with van der Waals surface area (Å²) in [6, 6.07) is 12.8. The molecule has 0 spiro atoms. The Morgan fingerprint density at radius 1 is 1.23 bits per heavy atom. The number of phenolic OH excluding ortho intramolecular Hbond substituents is 1. The number of carbonyl (C=O) groups excluding carboxylic acids is 1. The van der Waals surface area contributed by atoms with Crippen molar-refractivity contribution in [1.82, 2.24) is 4.90 Å². The van der Waals surface area contributed by atoms with E-state index in [2.05, 4.69) is 4.99 Å². The van der Waals surface area contributed by atoms with Gasteiger partial charge in [0.15, 0.2) is 5.17 Å². The number of amidine groups is 1. The Morgan fingerprint density at radius 2 is 1.96 bits per heavy atom. The number of hydrogen-bond donors (Lipinski definition) is 2. The van der Waals surface area contributed by atoms with Crippen LogP contribution in [-0.4, -0.2) is 38.7 Å². The minimum atomic E-state index is -0.992. The second kappa shape index (κ2) is 7.45. The van der Waals surface area contributed by atoms with Crippen molar-refractivity contribution in [2.24, 2.45) is 4.99 Å². The molecule has 0 aromatic heterocycles. The van der Waals surface area contributed by atoms with E-state index in [0.717, 1.165) is 5.56 Å². The maximum Gasteiger partial charge on any atom is 0.335 e. The van der Waals surface area contributed by atoms with Gasteiger partial charge >= 0.3 is 5.97 Å². The Hall–Kier alpha value is -3.06. The highest BCUT2D eigenvalue weighted by atomic mass is 32.2. The first-order valence-electron chi connectivity index (χ1n) is 7.90. The molecule has 1 aliphatic heterocycles. The minimum Gasteiger partial charge on any atom is -0.508 e. The Morgan fingerprint density at radius 3 is 2.58 bits per heavy atom. The van der Waals surface area contributed by atoms with Gasteiger partial charge in [0.1, 0.15) is 5.75 Å². The van der Waals surface area contributed by atoms with Crippen LogP contribution in [0.1, 0.15) is 22.8 Å². The van der Waals surface area contributed by atoms with Crippen molar-refractivity contribution in [3.63, 3.8) is 0 Å². The van der Waals surface area contributed by atoms with Crippen LogP contribution in [-0.2, 0) is 4.79 Å². The Balaban J connectivity index is 1.90. The van der Waals surface area contributed by atoms with Crippen LogP contribution in [0.2, 0.25) is 0 Å². The number of aromatic carboxylic acids is 1. The zero-order chi connectivity index (χ0) is 18.7. The summed E-state index contributed by atoms with van der Waals surface area (Å²) >= 11 is 1.25. The average molecular weight is 368 g/mol. The molecule has 0 radical (unpaired) electrons. The molecule has 7 heteroatoms. The van der Waals surface area contributed by atoms with Crippen LogP contribution in [0.3, 0.4) is 0 Å². The highest BCUT2D eigenvalue weighted by Gasteiger charge is 2.32. The fraction of sp³-hybridized carbons (Fsp3) is 0.105. The third-order valence-electron chi connectivity index (χ3n) is 3.71. The number of carbonyl (C=O) groups is 2. The van der Waals surface area contributed by atoms with Gasteiger partial charge in [0.25, 0.3) is 5.91 Å². The van der Waals surface area contributed by atoms with E-state index < -0.39 is 5.97 Å². The van der Waals surface area contributed by atoms with Crippen LogP contribution in [0.5, 0.6) is 5.75 Å². The van der Waals surface area contributed by atoms with Crippen LogP contribution in [0.15, 0.2) is 58.4 Å². The summed E-state index contributed by atoms with van der Waals surface area (Å²) in [5, 5.41) is 19.0. The molecule has 2 aromatic carbocycles.